The predicted molar refractivity (Wildman–Crippen MR) is 78.2 cm³/mol. The number of alkyl halides is 3. The lowest BCUT2D eigenvalue weighted by Gasteiger charge is -2.16. The molecule has 1 atom stereocenters. The van der Waals surface area contributed by atoms with E-state index in [9.17, 15) is 22.8 Å². The summed E-state index contributed by atoms with van der Waals surface area (Å²) in [4.78, 5) is 23.2. The van der Waals surface area contributed by atoms with Gasteiger partial charge in [-0.2, -0.15) is 13.2 Å². The van der Waals surface area contributed by atoms with Crippen LogP contribution in [0.1, 0.15) is 31.1 Å². The molecule has 0 aliphatic heterocycles. The number of rotatable bonds is 6. The fraction of sp³-hybridized carbons (Fsp3) is 0.467. The van der Waals surface area contributed by atoms with Crippen molar-refractivity contribution in [1.82, 2.24) is 10.6 Å². The van der Waals surface area contributed by atoms with Gasteiger partial charge in [0.05, 0.1) is 0 Å². The molecular weight excluding hydrogens is 313 g/mol. The van der Waals surface area contributed by atoms with Gasteiger partial charge in [0.1, 0.15) is 12.3 Å². The smallest absolute Gasteiger partial charge is 0.405 e. The first-order valence-corrected chi connectivity index (χ1v) is 7.00. The van der Waals surface area contributed by atoms with Gasteiger partial charge in [-0.05, 0) is 45.0 Å². The van der Waals surface area contributed by atoms with E-state index >= 15 is 0 Å². The average Bonchev–Trinajstić information content (AvgIpc) is 2.44. The van der Waals surface area contributed by atoms with E-state index in [0.29, 0.717) is 5.75 Å². The second-order valence-electron chi connectivity index (χ2n) is 5.25. The van der Waals surface area contributed by atoms with Crippen molar-refractivity contribution in [3.8, 4) is 5.75 Å². The van der Waals surface area contributed by atoms with Crippen LogP contribution in [0.5, 0.6) is 5.75 Å². The molecule has 1 unspecified atom stereocenters. The maximum atomic E-state index is 12.0. The molecule has 5 nitrogen and oxygen atoms in total. The van der Waals surface area contributed by atoms with Crippen molar-refractivity contribution in [2.75, 3.05) is 6.54 Å². The standard InChI is InChI=1S/C15H19F3N2O3/c1-9(2)20-13(21)10(3)23-12-6-4-11(5-7-12)14(22)19-8-15(16,17)18/h4-7,9-10H,8H2,1-3H3,(H,19,22)(H,20,21). The summed E-state index contributed by atoms with van der Waals surface area (Å²) in [6, 6.07) is 5.47. The molecule has 0 saturated carbocycles. The number of carbonyl (C=O) groups excluding carboxylic acids is 2. The SMILES string of the molecule is CC(C)NC(=O)C(C)Oc1ccc(C(=O)NCC(F)(F)F)cc1. The van der Waals surface area contributed by atoms with Crippen LogP contribution in [0.2, 0.25) is 0 Å². The van der Waals surface area contributed by atoms with Crippen molar-refractivity contribution >= 4 is 11.8 Å². The molecule has 2 amide bonds. The third-order valence-corrected chi connectivity index (χ3v) is 2.68. The maximum absolute atomic E-state index is 12.0. The maximum Gasteiger partial charge on any atom is 0.405 e. The summed E-state index contributed by atoms with van der Waals surface area (Å²) < 4.78 is 41.5. The third-order valence-electron chi connectivity index (χ3n) is 2.68. The molecule has 0 radical (unpaired) electrons. The van der Waals surface area contributed by atoms with Gasteiger partial charge in [-0.15, -0.1) is 0 Å². The first-order valence-electron chi connectivity index (χ1n) is 7.00. The molecule has 128 valence electrons. The Morgan fingerprint density at radius 1 is 1.13 bits per heavy atom. The minimum Gasteiger partial charge on any atom is -0.481 e. The molecule has 8 heteroatoms. The molecule has 0 bridgehead atoms. The zero-order chi connectivity index (χ0) is 17.6. The lowest BCUT2D eigenvalue weighted by molar-refractivity contribution is -0.127. The second kappa shape index (κ2) is 7.85. The van der Waals surface area contributed by atoms with E-state index in [1.807, 2.05) is 13.8 Å². The van der Waals surface area contributed by atoms with Crippen molar-refractivity contribution in [3.63, 3.8) is 0 Å². The highest BCUT2D eigenvalue weighted by Gasteiger charge is 2.27. The highest BCUT2D eigenvalue weighted by molar-refractivity contribution is 5.94. The Morgan fingerprint density at radius 2 is 1.70 bits per heavy atom. The summed E-state index contributed by atoms with van der Waals surface area (Å²) in [5.74, 6) is -0.782. The minimum atomic E-state index is -4.46. The van der Waals surface area contributed by atoms with Crippen LogP contribution in [0.25, 0.3) is 0 Å². The van der Waals surface area contributed by atoms with E-state index in [4.69, 9.17) is 4.74 Å². The fourth-order valence-electron chi connectivity index (χ4n) is 1.63. The van der Waals surface area contributed by atoms with Crippen LogP contribution < -0.4 is 15.4 Å². The summed E-state index contributed by atoms with van der Waals surface area (Å²) >= 11 is 0. The molecule has 0 aliphatic rings. The Labute approximate surface area is 132 Å². The third kappa shape index (κ3) is 7.03. The van der Waals surface area contributed by atoms with E-state index in [1.54, 1.807) is 12.2 Å². The highest BCUT2D eigenvalue weighted by Crippen LogP contribution is 2.15. The van der Waals surface area contributed by atoms with Crippen LogP contribution in [-0.4, -0.2) is 36.7 Å². The Morgan fingerprint density at radius 3 is 2.17 bits per heavy atom. The molecule has 1 aromatic carbocycles. The zero-order valence-corrected chi connectivity index (χ0v) is 13.0. The number of halogens is 3. The second-order valence-corrected chi connectivity index (χ2v) is 5.25. The number of benzene rings is 1. The van der Waals surface area contributed by atoms with Gasteiger partial charge in [-0.25, -0.2) is 0 Å². The number of hydrogen-bond acceptors (Lipinski definition) is 3. The summed E-state index contributed by atoms with van der Waals surface area (Å²) in [5.41, 5.74) is 0.0703. The Kier molecular flexibility index (Phi) is 6.41. The van der Waals surface area contributed by atoms with Gasteiger partial charge in [0.2, 0.25) is 0 Å². The first kappa shape index (κ1) is 18.8. The van der Waals surface area contributed by atoms with Gasteiger partial charge < -0.3 is 15.4 Å². The highest BCUT2D eigenvalue weighted by atomic mass is 19.4. The van der Waals surface area contributed by atoms with E-state index in [-0.39, 0.29) is 17.5 Å². The van der Waals surface area contributed by atoms with Crippen molar-refractivity contribution in [2.45, 2.75) is 39.1 Å². The lowest BCUT2D eigenvalue weighted by Crippen LogP contribution is -2.40. The van der Waals surface area contributed by atoms with Gasteiger partial charge in [0.15, 0.2) is 6.10 Å². The quantitative estimate of drug-likeness (QED) is 0.840. The average molecular weight is 332 g/mol. The van der Waals surface area contributed by atoms with Crippen LogP contribution in [0, 0.1) is 0 Å². The molecule has 0 heterocycles. The molecule has 0 saturated heterocycles. The summed E-state index contributed by atoms with van der Waals surface area (Å²) in [5, 5.41) is 4.46. The van der Waals surface area contributed by atoms with Crippen molar-refractivity contribution in [3.05, 3.63) is 29.8 Å². The van der Waals surface area contributed by atoms with Crippen LogP contribution in [0.4, 0.5) is 13.2 Å². The Balaban J connectivity index is 2.59. The van der Waals surface area contributed by atoms with Crippen molar-refractivity contribution in [1.29, 1.82) is 0 Å². The number of carbonyl (C=O) groups is 2. The predicted octanol–water partition coefficient (Wildman–Crippen LogP) is 2.27. The fourth-order valence-corrected chi connectivity index (χ4v) is 1.63. The van der Waals surface area contributed by atoms with Gasteiger partial charge in [-0.3, -0.25) is 9.59 Å². The van der Waals surface area contributed by atoms with Crippen molar-refractivity contribution in [2.24, 2.45) is 0 Å². The van der Waals surface area contributed by atoms with Crippen LogP contribution in [0.3, 0.4) is 0 Å². The van der Waals surface area contributed by atoms with E-state index in [1.165, 1.54) is 24.3 Å². The number of hydrogen-bond donors (Lipinski definition) is 2. The van der Waals surface area contributed by atoms with E-state index in [2.05, 4.69) is 5.32 Å². The van der Waals surface area contributed by atoms with Gasteiger partial charge >= 0.3 is 6.18 Å². The molecule has 0 aliphatic carbocycles. The lowest BCUT2D eigenvalue weighted by atomic mass is 10.2. The molecule has 0 aromatic heterocycles. The van der Waals surface area contributed by atoms with Gasteiger partial charge in [-0.1, -0.05) is 0 Å². The molecule has 23 heavy (non-hydrogen) atoms. The van der Waals surface area contributed by atoms with Crippen LogP contribution in [-0.2, 0) is 4.79 Å². The molecular formula is C15H19F3N2O3. The van der Waals surface area contributed by atoms with Gasteiger partial charge in [0, 0.05) is 11.6 Å². The first-order chi connectivity index (χ1) is 10.6. The summed E-state index contributed by atoms with van der Waals surface area (Å²) in [6.07, 6.45) is -5.19. The topological polar surface area (TPSA) is 67.4 Å². The monoisotopic (exact) mass is 332 g/mol. The molecule has 0 fully saturated rings. The van der Waals surface area contributed by atoms with E-state index in [0.717, 1.165) is 0 Å². The molecule has 0 spiro atoms. The minimum absolute atomic E-state index is 0.0201. The number of ether oxygens (including phenoxy) is 1. The van der Waals surface area contributed by atoms with Crippen molar-refractivity contribution < 1.29 is 27.5 Å². The normalized spacial score (nSPS) is 12.7. The molecule has 2 N–H and O–H groups in total. The van der Waals surface area contributed by atoms with Crippen LogP contribution in [0.15, 0.2) is 24.3 Å². The molecule has 1 rings (SSSR count). The molecule has 1 aromatic rings. The van der Waals surface area contributed by atoms with E-state index < -0.39 is 24.7 Å². The Hall–Kier alpha value is -2.25. The zero-order valence-electron chi connectivity index (χ0n) is 13.0. The summed E-state index contributed by atoms with van der Waals surface area (Å²) in [7, 11) is 0. The van der Waals surface area contributed by atoms with Gasteiger partial charge in [0.25, 0.3) is 11.8 Å². The largest absolute Gasteiger partial charge is 0.481 e. The number of nitrogens with one attached hydrogen (secondary N) is 2. The summed E-state index contributed by atoms with van der Waals surface area (Å²) in [6.45, 7) is 3.82. The number of amides is 2. The van der Waals surface area contributed by atoms with Crippen LogP contribution >= 0.6 is 0 Å². The Bertz CT molecular complexity index is 542.